The van der Waals surface area contributed by atoms with Crippen molar-refractivity contribution in [3.8, 4) is 17.0 Å². The predicted molar refractivity (Wildman–Crippen MR) is 157 cm³/mol. The van der Waals surface area contributed by atoms with E-state index in [9.17, 15) is 0 Å². The molecule has 0 unspecified atom stereocenters. The monoisotopic (exact) mass is 505 g/mol. The lowest BCUT2D eigenvalue weighted by atomic mass is 9.81. The van der Waals surface area contributed by atoms with Crippen molar-refractivity contribution in [1.29, 1.82) is 0 Å². The van der Waals surface area contributed by atoms with Crippen LogP contribution in [0.3, 0.4) is 0 Å². The Kier molecular flexibility index (Phi) is 8.36. The van der Waals surface area contributed by atoms with E-state index in [0.29, 0.717) is 29.1 Å². The number of rotatable bonds is 9. The molecule has 1 aliphatic rings. The second-order valence-corrected chi connectivity index (χ2v) is 17.3. The summed E-state index contributed by atoms with van der Waals surface area (Å²) >= 11 is 0. The molecule has 0 radical (unpaired) electrons. The summed E-state index contributed by atoms with van der Waals surface area (Å²) in [6.45, 7) is 14.8. The Bertz CT molecular complexity index is 1150. The average Bonchev–Trinajstić information content (AvgIpc) is 3.16. The summed E-state index contributed by atoms with van der Waals surface area (Å²) < 4.78 is 15.3. The minimum absolute atomic E-state index is 0.557. The highest BCUT2D eigenvalue weighted by Crippen LogP contribution is 2.46. The van der Waals surface area contributed by atoms with Gasteiger partial charge in [0.25, 0.3) is 0 Å². The Morgan fingerprint density at radius 1 is 0.889 bits per heavy atom. The number of hydrogen-bond acceptors (Lipinski definition) is 2. The Balaban J connectivity index is 1.87. The molecule has 0 N–H and O–H groups in total. The van der Waals surface area contributed by atoms with E-state index >= 15 is 0 Å². The quantitative estimate of drug-likeness (QED) is 0.270. The first-order valence-electron chi connectivity index (χ1n) is 14.1. The number of aryl methyl sites for hydroxylation is 1. The number of benzene rings is 2. The molecule has 0 spiro atoms. The van der Waals surface area contributed by atoms with Gasteiger partial charge in [0.05, 0.1) is 19.4 Å². The molecule has 36 heavy (non-hydrogen) atoms. The molecule has 196 valence electrons. The smallest absolute Gasteiger partial charge is 0.200 e. The molecule has 4 heteroatoms. The van der Waals surface area contributed by atoms with Gasteiger partial charge in [-0.2, -0.15) is 0 Å². The molecule has 1 heterocycles. The topological polar surface area (TPSA) is 23.4 Å². The van der Waals surface area contributed by atoms with Gasteiger partial charge in [-0.25, -0.2) is 0 Å². The minimum atomic E-state index is -2.00. The minimum Gasteiger partial charge on any atom is -0.497 e. The molecule has 1 saturated carbocycles. The van der Waals surface area contributed by atoms with Gasteiger partial charge in [-0.3, -0.25) is 0 Å². The fraction of sp³-hybridized carbons (Fsp3) is 0.562. The van der Waals surface area contributed by atoms with E-state index in [4.69, 9.17) is 9.16 Å². The molecule has 3 nitrogen and oxygen atoms in total. The van der Waals surface area contributed by atoms with Gasteiger partial charge in [-0.05, 0) is 70.8 Å². The molecule has 1 aliphatic carbocycles. The van der Waals surface area contributed by atoms with Gasteiger partial charge < -0.3 is 13.7 Å². The summed E-state index contributed by atoms with van der Waals surface area (Å²) in [4.78, 5) is 0. The average molecular weight is 506 g/mol. The zero-order valence-corrected chi connectivity index (χ0v) is 24.9. The lowest BCUT2D eigenvalue weighted by molar-refractivity contribution is 0.265. The lowest BCUT2D eigenvalue weighted by Gasteiger charge is -2.42. The zero-order chi connectivity index (χ0) is 26.0. The summed E-state index contributed by atoms with van der Waals surface area (Å²) in [5.74, 6) is 1.52. The van der Waals surface area contributed by atoms with Crippen LogP contribution in [0.2, 0.25) is 16.6 Å². The zero-order valence-electron chi connectivity index (χ0n) is 23.9. The van der Waals surface area contributed by atoms with Crippen molar-refractivity contribution in [2.45, 2.75) is 103 Å². The van der Waals surface area contributed by atoms with Gasteiger partial charge in [-0.1, -0.05) is 79.0 Å². The largest absolute Gasteiger partial charge is 0.497 e. The van der Waals surface area contributed by atoms with Crippen molar-refractivity contribution < 1.29 is 9.16 Å². The van der Waals surface area contributed by atoms with Gasteiger partial charge in [0.2, 0.25) is 8.32 Å². The van der Waals surface area contributed by atoms with Crippen molar-refractivity contribution in [1.82, 2.24) is 4.57 Å². The molecule has 0 saturated heterocycles. The van der Waals surface area contributed by atoms with Gasteiger partial charge in [0.1, 0.15) is 5.75 Å². The molecule has 0 atom stereocenters. The van der Waals surface area contributed by atoms with Gasteiger partial charge in [0.15, 0.2) is 0 Å². The SMILES string of the molecule is COc1ccc(-c2c(C3CCCCC3)c3ccccc3n2C)c(CO[Si](C(C)C)(C(C)C)C(C)C)c1. The van der Waals surface area contributed by atoms with Crippen molar-refractivity contribution in [2.24, 2.45) is 7.05 Å². The number of hydrogen-bond donors (Lipinski definition) is 0. The molecule has 3 aromatic rings. The van der Waals surface area contributed by atoms with E-state index in [1.807, 2.05) is 0 Å². The van der Waals surface area contributed by atoms with Crippen LogP contribution in [0.15, 0.2) is 42.5 Å². The first kappa shape index (κ1) is 27.0. The maximum atomic E-state index is 7.14. The normalized spacial score (nSPS) is 15.5. The molecular formula is C32H47NO2Si. The van der Waals surface area contributed by atoms with E-state index < -0.39 is 8.32 Å². The number of ether oxygens (including phenoxy) is 1. The number of para-hydroxylation sites is 1. The fourth-order valence-corrected chi connectivity index (χ4v) is 12.7. The molecule has 0 amide bonds. The summed E-state index contributed by atoms with van der Waals surface area (Å²) in [7, 11) is 2.01. The second-order valence-electron chi connectivity index (χ2n) is 11.8. The highest BCUT2D eigenvalue weighted by molar-refractivity contribution is 6.77. The van der Waals surface area contributed by atoms with Gasteiger partial charge in [-0.15, -0.1) is 0 Å². The standard InChI is InChI=1S/C32H47NO2Si/c1-22(2)36(23(3)4,24(5)6)35-21-26-20-27(34-8)18-19-28(26)32-31(25-14-10-9-11-15-25)29-16-12-13-17-30(29)33(32)7/h12-13,16-20,22-25H,9-11,14-15,21H2,1-8H3. The van der Waals surface area contributed by atoms with E-state index in [1.54, 1.807) is 12.7 Å². The Morgan fingerprint density at radius 2 is 1.53 bits per heavy atom. The van der Waals surface area contributed by atoms with Crippen LogP contribution in [0.1, 0.15) is 90.7 Å². The maximum Gasteiger partial charge on any atom is 0.200 e. The molecular weight excluding hydrogens is 458 g/mol. The van der Waals surface area contributed by atoms with E-state index in [-0.39, 0.29) is 0 Å². The highest BCUT2D eigenvalue weighted by atomic mass is 28.4. The Morgan fingerprint density at radius 3 is 2.14 bits per heavy atom. The van der Waals surface area contributed by atoms with E-state index in [1.165, 1.54) is 59.8 Å². The summed E-state index contributed by atoms with van der Waals surface area (Å²) in [6.07, 6.45) is 6.60. The number of nitrogens with zero attached hydrogens (tertiary/aromatic N) is 1. The molecule has 0 aliphatic heterocycles. The van der Waals surface area contributed by atoms with Crippen LogP contribution in [0.25, 0.3) is 22.2 Å². The Labute approximate surface area is 220 Å². The first-order valence-corrected chi connectivity index (χ1v) is 16.2. The lowest BCUT2D eigenvalue weighted by Crippen LogP contribution is -2.47. The fourth-order valence-electron chi connectivity index (χ4n) is 7.30. The number of methoxy groups -OCH3 is 1. The summed E-state index contributed by atoms with van der Waals surface area (Å²) in [5.41, 5.74) is 8.46. The van der Waals surface area contributed by atoms with Crippen molar-refractivity contribution in [3.63, 3.8) is 0 Å². The van der Waals surface area contributed by atoms with E-state index in [0.717, 1.165) is 5.75 Å². The number of aromatic nitrogens is 1. The van der Waals surface area contributed by atoms with Gasteiger partial charge in [0, 0.05) is 23.5 Å². The number of fused-ring (bicyclic) bond motifs is 1. The molecule has 0 bridgehead atoms. The van der Waals surface area contributed by atoms with Crippen LogP contribution in [-0.4, -0.2) is 20.0 Å². The third-order valence-corrected chi connectivity index (χ3v) is 15.0. The third-order valence-electron chi connectivity index (χ3n) is 8.91. The van der Waals surface area contributed by atoms with Crippen molar-refractivity contribution in [3.05, 3.63) is 53.6 Å². The predicted octanol–water partition coefficient (Wildman–Crippen LogP) is 9.59. The molecule has 1 fully saturated rings. The van der Waals surface area contributed by atoms with Crippen molar-refractivity contribution >= 4 is 19.2 Å². The second kappa shape index (κ2) is 11.1. The maximum absolute atomic E-state index is 7.14. The van der Waals surface area contributed by atoms with Crippen LogP contribution in [0.4, 0.5) is 0 Å². The van der Waals surface area contributed by atoms with Crippen LogP contribution in [0, 0.1) is 0 Å². The first-order chi connectivity index (χ1) is 17.2. The van der Waals surface area contributed by atoms with Crippen LogP contribution in [-0.2, 0) is 18.1 Å². The summed E-state index contributed by atoms with van der Waals surface area (Å²) in [6, 6.07) is 15.6. The summed E-state index contributed by atoms with van der Waals surface area (Å²) in [5, 5.41) is 1.42. The molecule has 4 rings (SSSR count). The van der Waals surface area contributed by atoms with Crippen LogP contribution < -0.4 is 4.74 Å². The van der Waals surface area contributed by atoms with Crippen LogP contribution >= 0.6 is 0 Å². The highest BCUT2D eigenvalue weighted by Gasteiger charge is 2.45. The molecule has 1 aromatic heterocycles. The van der Waals surface area contributed by atoms with Crippen LogP contribution in [0.5, 0.6) is 5.75 Å². The van der Waals surface area contributed by atoms with Crippen molar-refractivity contribution in [2.75, 3.05) is 7.11 Å². The molecule has 2 aromatic carbocycles. The third kappa shape index (κ3) is 4.79. The van der Waals surface area contributed by atoms with Gasteiger partial charge >= 0.3 is 0 Å². The van der Waals surface area contributed by atoms with E-state index in [2.05, 4.69) is 95.6 Å². The Hall–Kier alpha value is -2.04.